The van der Waals surface area contributed by atoms with Gasteiger partial charge in [-0.1, -0.05) is 16.8 Å². The molecule has 2 fully saturated rings. The number of halogens is 1. The molecule has 3 atom stereocenters. The maximum atomic E-state index is 12.4. The Labute approximate surface area is 173 Å². The van der Waals surface area contributed by atoms with E-state index in [0.717, 1.165) is 18.6 Å². The number of fused-ring (bicyclic) bond motifs is 1. The van der Waals surface area contributed by atoms with Gasteiger partial charge in [0.25, 0.3) is 5.91 Å². The fourth-order valence-corrected chi connectivity index (χ4v) is 4.16. The lowest BCUT2D eigenvalue weighted by Gasteiger charge is -2.19. The SMILES string of the molecule is CNC(=O)c1cc(COC(=O)N2C[C@H]3C[C@@H](Oc4ccc(Cl)cc4)C[C@H]3C2)on1. The van der Waals surface area contributed by atoms with Gasteiger partial charge in [0, 0.05) is 31.2 Å². The summed E-state index contributed by atoms with van der Waals surface area (Å²) in [6.45, 7) is 1.25. The molecule has 1 aromatic heterocycles. The Balaban J connectivity index is 1.23. The molecule has 2 amide bonds. The van der Waals surface area contributed by atoms with Crippen LogP contribution in [-0.4, -0.2) is 48.3 Å². The van der Waals surface area contributed by atoms with Crippen LogP contribution >= 0.6 is 11.6 Å². The third-order valence-corrected chi connectivity index (χ3v) is 5.69. The van der Waals surface area contributed by atoms with E-state index >= 15 is 0 Å². The van der Waals surface area contributed by atoms with E-state index in [1.165, 1.54) is 13.1 Å². The minimum atomic E-state index is -0.382. The van der Waals surface area contributed by atoms with Crippen molar-refractivity contribution >= 4 is 23.6 Å². The van der Waals surface area contributed by atoms with Crippen LogP contribution in [0, 0.1) is 11.8 Å². The molecule has 8 nitrogen and oxygen atoms in total. The van der Waals surface area contributed by atoms with Crippen molar-refractivity contribution in [2.45, 2.75) is 25.6 Å². The van der Waals surface area contributed by atoms with Crippen LogP contribution in [0.1, 0.15) is 29.1 Å². The zero-order valence-electron chi connectivity index (χ0n) is 16.0. The van der Waals surface area contributed by atoms with E-state index in [2.05, 4.69) is 10.5 Å². The van der Waals surface area contributed by atoms with Crippen LogP contribution < -0.4 is 10.1 Å². The number of benzene rings is 1. The Hall–Kier alpha value is -2.74. The molecule has 29 heavy (non-hydrogen) atoms. The summed E-state index contributed by atoms with van der Waals surface area (Å²) in [5, 5.41) is 6.78. The van der Waals surface area contributed by atoms with Crippen LogP contribution in [0.2, 0.25) is 5.02 Å². The summed E-state index contributed by atoms with van der Waals surface area (Å²) in [6.07, 6.45) is 1.60. The highest BCUT2D eigenvalue weighted by atomic mass is 35.5. The fraction of sp³-hybridized carbons (Fsp3) is 0.450. The molecule has 1 aromatic carbocycles. The van der Waals surface area contributed by atoms with Crippen molar-refractivity contribution in [3.05, 3.63) is 46.8 Å². The molecule has 154 valence electrons. The van der Waals surface area contributed by atoms with Gasteiger partial charge in [0.1, 0.15) is 5.75 Å². The normalized spacial score (nSPS) is 23.0. The average Bonchev–Trinajstić information content (AvgIpc) is 3.42. The Morgan fingerprint density at radius 1 is 1.24 bits per heavy atom. The van der Waals surface area contributed by atoms with Gasteiger partial charge in [0.2, 0.25) is 0 Å². The fourth-order valence-electron chi connectivity index (χ4n) is 4.04. The Kier molecular flexibility index (Phi) is 5.62. The van der Waals surface area contributed by atoms with Crippen molar-refractivity contribution in [2.75, 3.05) is 20.1 Å². The number of rotatable bonds is 5. The van der Waals surface area contributed by atoms with Gasteiger partial charge in [0.15, 0.2) is 18.1 Å². The zero-order valence-corrected chi connectivity index (χ0v) is 16.7. The highest BCUT2D eigenvalue weighted by Crippen LogP contribution is 2.40. The average molecular weight is 420 g/mol. The number of hydrogen-bond donors (Lipinski definition) is 1. The van der Waals surface area contributed by atoms with E-state index in [9.17, 15) is 9.59 Å². The second kappa shape index (κ2) is 8.32. The summed E-state index contributed by atoms with van der Waals surface area (Å²) >= 11 is 5.91. The Bertz CT molecular complexity index is 870. The van der Waals surface area contributed by atoms with Gasteiger partial charge < -0.3 is 24.2 Å². The molecule has 0 radical (unpaired) electrons. The van der Waals surface area contributed by atoms with E-state index < -0.39 is 0 Å². The van der Waals surface area contributed by atoms with Crippen LogP contribution in [0.4, 0.5) is 4.79 Å². The Morgan fingerprint density at radius 2 is 1.93 bits per heavy atom. The number of nitrogens with one attached hydrogen (secondary N) is 1. The van der Waals surface area contributed by atoms with Crippen molar-refractivity contribution in [1.82, 2.24) is 15.4 Å². The topological polar surface area (TPSA) is 93.9 Å². The molecule has 1 N–H and O–H groups in total. The van der Waals surface area contributed by atoms with Crippen molar-refractivity contribution in [1.29, 1.82) is 0 Å². The lowest BCUT2D eigenvalue weighted by Crippen LogP contribution is -2.31. The molecule has 4 rings (SSSR count). The van der Waals surface area contributed by atoms with E-state index in [-0.39, 0.29) is 30.4 Å². The number of carbonyl (C=O) groups is 2. The Morgan fingerprint density at radius 3 is 2.59 bits per heavy atom. The molecule has 0 bridgehead atoms. The van der Waals surface area contributed by atoms with Gasteiger partial charge in [-0.25, -0.2) is 4.79 Å². The van der Waals surface area contributed by atoms with E-state index in [1.807, 2.05) is 24.3 Å². The van der Waals surface area contributed by atoms with Gasteiger partial charge >= 0.3 is 6.09 Å². The number of carbonyl (C=O) groups excluding carboxylic acids is 2. The molecule has 2 aromatic rings. The van der Waals surface area contributed by atoms with Crippen molar-refractivity contribution in [2.24, 2.45) is 11.8 Å². The van der Waals surface area contributed by atoms with Crippen molar-refractivity contribution < 1.29 is 23.6 Å². The number of aromatic nitrogens is 1. The molecule has 9 heteroatoms. The van der Waals surface area contributed by atoms with Crippen molar-refractivity contribution in [3.63, 3.8) is 0 Å². The van der Waals surface area contributed by atoms with Crippen LogP contribution in [-0.2, 0) is 11.3 Å². The predicted octanol–water partition coefficient (Wildman–Crippen LogP) is 3.11. The molecule has 0 unspecified atom stereocenters. The molecular weight excluding hydrogens is 398 g/mol. The number of ether oxygens (including phenoxy) is 2. The summed E-state index contributed by atoms with van der Waals surface area (Å²) in [4.78, 5) is 25.6. The van der Waals surface area contributed by atoms with Gasteiger partial charge in [-0.2, -0.15) is 0 Å². The first kappa shape index (κ1) is 19.6. The predicted molar refractivity (Wildman–Crippen MR) is 104 cm³/mol. The largest absolute Gasteiger partial charge is 0.490 e. The summed E-state index contributed by atoms with van der Waals surface area (Å²) < 4.78 is 16.4. The molecule has 2 aliphatic rings. The molecule has 1 aliphatic heterocycles. The molecule has 0 spiro atoms. The van der Waals surface area contributed by atoms with E-state index in [0.29, 0.717) is 35.7 Å². The smallest absolute Gasteiger partial charge is 0.410 e. The van der Waals surface area contributed by atoms with Crippen LogP contribution in [0.5, 0.6) is 5.75 Å². The number of amides is 2. The molecular formula is C20H22ClN3O5. The number of likely N-dealkylation sites (tertiary alicyclic amines) is 1. The minimum absolute atomic E-state index is 0.0586. The first-order valence-electron chi connectivity index (χ1n) is 9.53. The number of nitrogens with zero attached hydrogens (tertiary/aromatic N) is 2. The number of hydrogen-bond acceptors (Lipinski definition) is 6. The first-order chi connectivity index (χ1) is 14.0. The van der Waals surface area contributed by atoms with E-state index in [1.54, 1.807) is 4.90 Å². The van der Waals surface area contributed by atoms with Gasteiger partial charge in [-0.05, 0) is 48.9 Å². The molecule has 2 heterocycles. The first-order valence-corrected chi connectivity index (χ1v) is 9.91. The van der Waals surface area contributed by atoms with Crippen molar-refractivity contribution in [3.8, 4) is 5.75 Å². The highest BCUT2D eigenvalue weighted by Gasteiger charge is 2.43. The second-order valence-corrected chi connectivity index (χ2v) is 7.84. The standard InChI is InChI=1S/C20H22ClN3O5/c1-22-19(25)18-8-17(29-23-18)11-27-20(26)24-9-12-6-16(7-13(12)10-24)28-15-4-2-14(21)3-5-15/h2-5,8,12-13,16H,6-7,9-11H2,1H3,(H,22,25)/t12-,13+,16-. The van der Waals surface area contributed by atoms with Gasteiger partial charge in [0.05, 0.1) is 6.10 Å². The van der Waals surface area contributed by atoms with Crippen LogP contribution in [0.25, 0.3) is 0 Å². The van der Waals surface area contributed by atoms with Crippen LogP contribution in [0.3, 0.4) is 0 Å². The zero-order chi connectivity index (χ0) is 20.4. The summed E-state index contributed by atoms with van der Waals surface area (Å²) in [5.74, 6) is 1.61. The maximum absolute atomic E-state index is 12.4. The quantitative estimate of drug-likeness (QED) is 0.800. The molecule has 1 aliphatic carbocycles. The van der Waals surface area contributed by atoms with Crippen LogP contribution in [0.15, 0.2) is 34.9 Å². The van der Waals surface area contributed by atoms with Gasteiger partial charge in [-0.3, -0.25) is 4.79 Å². The van der Waals surface area contributed by atoms with Gasteiger partial charge in [-0.15, -0.1) is 0 Å². The lowest BCUT2D eigenvalue weighted by molar-refractivity contribution is 0.0896. The third-order valence-electron chi connectivity index (χ3n) is 5.44. The highest BCUT2D eigenvalue weighted by molar-refractivity contribution is 6.30. The lowest BCUT2D eigenvalue weighted by atomic mass is 10.0. The maximum Gasteiger partial charge on any atom is 0.410 e. The summed E-state index contributed by atoms with van der Waals surface area (Å²) in [6, 6.07) is 8.84. The summed E-state index contributed by atoms with van der Waals surface area (Å²) in [5.41, 5.74) is 0.154. The monoisotopic (exact) mass is 419 g/mol. The minimum Gasteiger partial charge on any atom is -0.490 e. The summed E-state index contributed by atoms with van der Waals surface area (Å²) in [7, 11) is 1.51. The molecule has 1 saturated carbocycles. The third kappa shape index (κ3) is 4.48. The second-order valence-electron chi connectivity index (χ2n) is 7.40. The molecule has 1 saturated heterocycles. The van der Waals surface area contributed by atoms with E-state index in [4.69, 9.17) is 25.6 Å².